The number of aromatic nitrogens is 1. The Balaban J connectivity index is 1.60. The fourth-order valence-electron chi connectivity index (χ4n) is 2.43. The molecule has 1 amide bonds. The molecule has 5 nitrogen and oxygen atoms in total. The molecular weight excluding hydrogens is 240 g/mol. The monoisotopic (exact) mass is 264 g/mol. The molecule has 1 aromatic rings. The van der Waals surface area contributed by atoms with Crippen molar-refractivity contribution in [1.29, 1.82) is 0 Å². The van der Waals surface area contributed by atoms with E-state index in [9.17, 15) is 4.79 Å². The number of carbonyl (C=O) groups is 1. The number of nitrogens with zero attached hydrogens (tertiary/aromatic N) is 1. The molecule has 2 heterocycles. The van der Waals surface area contributed by atoms with Crippen molar-refractivity contribution in [3.63, 3.8) is 0 Å². The van der Waals surface area contributed by atoms with Gasteiger partial charge < -0.3 is 20.9 Å². The highest BCUT2D eigenvalue weighted by molar-refractivity contribution is 5.93. The highest BCUT2D eigenvalue weighted by Crippen LogP contribution is 2.15. The van der Waals surface area contributed by atoms with Gasteiger partial charge in [0.2, 0.25) is 0 Å². The molecule has 106 valence electrons. The van der Waals surface area contributed by atoms with Crippen molar-refractivity contribution in [3.05, 3.63) is 18.0 Å². The lowest BCUT2D eigenvalue weighted by Crippen LogP contribution is -2.35. The van der Waals surface area contributed by atoms with Gasteiger partial charge in [-0.05, 0) is 50.9 Å². The Morgan fingerprint density at radius 3 is 2.89 bits per heavy atom. The number of hydrogen-bond acceptors (Lipinski definition) is 3. The molecule has 0 radical (unpaired) electrons. The van der Waals surface area contributed by atoms with Gasteiger partial charge in [0.1, 0.15) is 5.69 Å². The van der Waals surface area contributed by atoms with Crippen LogP contribution in [0.15, 0.2) is 12.3 Å². The van der Waals surface area contributed by atoms with E-state index in [4.69, 9.17) is 5.73 Å². The van der Waals surface area contributed by atoms with Crippen LogP contribution < -0.4 is 11.1 Å². The molecule has 1 aromatic heterocycles. The number of aromatic amines is 1. The first-order chi connectivity index (χ1) is 9.15. The number of piperidine rings is 1. The minimum Gasteiger partial charge on any atom is -0.397 e. The van der Waals surface area contributed by atoms with Gasteiger partial charge in [0, 0.05) is 18.4 Å². The van der Waals surface area contributed by atoms with Gasteiger partial charge in [-0.1, -0.05) is 6.92 Å². The normalized spacial score (nSPS) is 17.5. The smallest absolute Gasteiger partial charge is 0.267 e. The third-order valence-corrected chi connectivity index (χ3v) is 3.76. The van der Waals surface area contributed by atoms with Gasteiger partial charge in [0.25, 0.3) is 5.91 Å². The molecule has 1 fully saturated rings. The van der Waals surface area contributed by atoms with Crippen molar-refractivity contribution in [3.8, 4) is 0 Å². The molecule has 1 aliphatic heterocycles. The minimum absolute atomic E-state index is 0.0797. The molecule has 4 N–H and O–H groups in total. The highest BCUT2D eigenvalue weighted by Gasteiger charge is 2.15. The van der Waals surface area contributed by atoms with Crippen LogP contribution in [0.4, 0.5) is 5.69 Å². The Labute approximate surface area is 114 Å². The number of carbonyl (C=O) groups excluding carboxylic acids is 1. The van der Waals surface area contributed by atoms with Crippen molar-refractivity contribution in [1.82, 2.24) is 15.2 Å². The lowest BCUT2D eigenvalue weighted by Gasteiger charge is -2.30. The van der Waals surface area contributed by atoms with E-state index in [1.165, 1.54) is 25.9 Å². The van der Waals surface area contributed by atoms with Crippen LogP contribution in [0.1, 0.15) is 36.7 Å². The van der Waals surface area contributed by atoms with Crippen LogP contribution in [0.25, 0.3) is 0 Å². The molecule has 0 spiro atoms. The molecule has 1 saturated heterocycles. The van der Waals surface area contributed by atoms with E-state index in [-0.39, 0.29) is 5.91 Å². The fourth-order valence-corrected chi connectivity index (χ4v) is 2.43. The Hall–Kier alpha value is -1.49. The number of nitrogen functional groups attached to an aromatic ring is 1. The van der Waals surface area contributed by atoms with E-state index in [1.807, 2.05) is 0 Å². The predicted octanol–water partition coefficient (Wildman–Crippen LogP) is 1.45. The van der Waals surface area contributed by atoms with E-state index in [0.29, 0.717) is 17.9 Å². The molecule has 0 bridgehead atoms. The summed E-state index contributed by atoms with van der Waals surface area (Å²) < 4.78 is 0. The average Bonchev–Trinajstić information content (AvgIpc) is 2.83. The number of likely N-dealkylation sites (tertiary alicyclic amines) is 1. The standard InChI is InChI=1S/C14H24N4O/c1-11-3-7-18(8-4-11)6-2-5-16-14(19)13-9-12(15)10-17-13/h9-11,17H,2-8,15H2,1H3,(H,16,19). The van der Waals surface area contributed by atoms with Crippen molar-refractivity contribution < 1.29 is 4.79 Å². The van der Waals surface area contributed by atoms with Crippen LogP contribution in [-0.2, 0) is 0 Å². The number of nitrogens with one attached hydrogen (secondary N) is 2. The Morgan fingerprint density at radius 1 is 1.53 bits per heavy atom. The summed E-state index contributed by atoms with van der Waals surface area (Å²) in [6, 6.07) is 1.65. The van der Waals surface area contributed by atoms with Crippen LogP contribution in [-0.4, -0.2) is 42.0 Å². The van der Waals surface area contributed by atoms with Crippen molar-refractivity contribution in [2.75, 3.05) is 31.9 Å². The zero-order chi connectivity index (χ0) is 13.7. The van der Waals surface area contributed by atoms with Crippen LogP contribution >= 0.6 is 0 Å². The van der Waals surface area contributed by atoms with Gasteiger partial charge >= 0.3 is 0 Å². The molecule has 0 aromatic carbocycles. The lowest BCUT2D eigenvalue weighted by atomic mass is 9.99. The van der Waals surface area contributed by atoms with Gasteiger partial charge in [0.05, 0.1) is 0 Å². The second-order valence-electron chi connectivity index (χ2n) is 5.48. The van der Waals surface area contributed by atoms with E-state index in [2.05, 4.69) is 22.1 Å². The molecule has 19 heavy (non-hydrogen) atoms. The van der Waals surface area contributed by atoms with E-state index < -0.39 is 0 Å². The summed E-state index contributed by atoms with van der Waals surface area (Å²) in [6.45, 7) is 6.49. The van der Waals surface area contributed by atoms with Crippen molar-refractivity contribution in [2.24, 2.45) is 5.92 Å². The Morgan fingerprint density at radius 2 is 2.26 bits per heavy atom. The Bertz CT molecular complexity index is 407. The molecule has 2 rings (SSSR count). The second kappa shape index (κ2) is 6.61. The predicted molar refractivity (Wildman–Crippen MR) is 77.0 cm³/mol. The number of anilines is 1. The maximum absolute atomic E-state index is 11.7. The van der Waals surface area contributed by atoms with Gasteiger partial charge in [-0.2, -0.15) is 0 Å². The van der Waals surface area contributed by atoms with Gasteiger partial charge in [-0.25, -0.2) is 0 Å². The minimum atomic E-state index is -0.0797. The number of H-pyrrole nitrogens is 1. The van der Waals surface area contributed by atoms with Crippen LogP contribution in [0.5, 0.6) is 0 Å². The summed E-state index contributed by atoms with van der Waals surface area (Å²) in [5.74, 6) is 0.790. The van der Waals surface area contributed by atoms with Crippen LogP contribution in [0, 0.1) is 5.92 Å². The van der Waals surface area contributed by atoms with Gasteiger partial charge in [0.15, 0.2) is 0 Å². The Kier molecular flexibility index (Phi) is 4.85. The van der Waals surface area contributed by atoms with Crippen LogP contribution in [0.2, 0.25) is 0 Å². The van der Waals surface area contributed by atoms with E-state index in [0.717, 1.165) is 18.9 Å². The molecule has 1 aliphatic rings. The number of hydrogen-bond donors (Lipinski definition) is 3. The third-order valence-electron chi connectivity index (χ3n) is 3.76. The topological polar surface area (TPSA) is 74.2 Å². The second-order valence-corrected chi connectivity index (χ2v) is 5.48. The maximum atomic E-state index is 11.7. The first kappa shape index (κ1) is 13.9. The summed E-state index contributed by atoms with van der Waals surface area (Å²) in [4.78, 5) is 17.1. The quantitative estimate of drug-likeness (QED) is 0.705. The van der Waals surface area contributed by atoms with E-state index in [1.54, 1.807) is 12.3 Å². The van der Waals surface area contributed by atoms with Gasteiger partial charge in [-0.15, -0.1) is 0 Å². The summed E-state index contributed by atoms with van der Waals surface area (Å²) >= 11 is 0. The number of rotatable bonds is 5. The molecule has 0 saturated carbocycles. The first-order valence-electron chi connectivity index (χ1n) is 7.09. The SMILES string of the molecule is CC1CCN(CCCNC(=O)c2cc(N)c[nH]2)CC1. The third kappa shape index (κ3) is 4.28. The lowest BCUT2D eigenvalue weighted by molar-refractivity contribution is 0.0946. The molecular formula is C14H24N4O. The average molecular weight is 264 g/mol. The van der Waals surface area contributed by atoms with Crippen molar-refractivity contribution in [2.45, 2.75) is 26.2 Å². The largest absolute Gasteiger partial charge is 0.397 e. The molecule has 0 unspecified atom stereocenters. The summed E-state index contributed by atoms with van der Waals surface area (Å²) in [7, 11) is 0. The summed E-state index contributed by atoms with van der Waals surface area (Å²) in [6.07, 6.45) is 5.22. The molecule has 0 atom stereocenters. The first-order valence-corrected chi connectivity index (χ1v) is 7.09. The van der Waals surface area contributed by atoms with E-state index >= 15 is 0 Å². The van der Waals surface area contributed by atoms with Crippen molar-refractivity contribution >= 4 is 11.6 Å². The summed E-state index contributed by atoms with van der Waals surface area (Å²) in [5.41, 5.74) is 6.68. The highest BCUT2D eigenvalue weighted by atomic mass is 16.1. The van der Waals surface area contributed by atoms with Gasteiger partial charge in [-0.3, -0.25) is 4.79 Å². The summed E-state index contributed by atoms with van der Waals surface area (Å²) in [5, 5.41) is 2.91. The van der Waals surface area contributed by atoms with Crippen LogP contribution in [0.3, 0.4) is 0 Å². The number of amides is 1. The molecule has 5 heteroatoms. The number of nitrogens with two attached hydrogens (primary N) is 1. The molecule has 0 aliphatic carbocycles. The zero-order valence-corrected chi connectivity index (χ0v) is 11.6. The maximum Gasteiger partial charge on any atom is 0.267 e. The zero-order valence-electron chi connectivity index (χ0n) is 11.6. The fraction of sp³-hybridized carbons (Fsp3) is 0.643.